The molecule has 3 rings (SSSR count). The van der Waals surface area contributed by atoms with Gasteiger partial charge in [-0.25, -0.2) is 0 Å². The van der Waals surface area contributed by atoms with Crippen LogP contribution in [0.5, 0.6) is 0 Å². The maximum Gasteiger partial charge on any atom is 0.237 e. The topological polar surface area (TPSA) is 53.2 Å². The molecule has 0 saturated carbocycles. The molecule has 2 aliphatic heterocycles. The molecule has 1 amide bonds. The van der Waals surface area contributed by atoms with Gasteiger partial charge in [-0.15, -0.1) is 0 Å². The second-order valence-electron chi connectivity index (χ2n) is 6.38. The average Bonchev–Trinajstić information content (AvgIpc) is 2.88. The van der Waals surface area contributed by atoms with Crippen LogP contribution in [-0.2, 0) is 11.3 Å². The largest absolute Gasteiger partial charge is 0.351 e. The van der Waals surface area contributed by atoms with Gasteiger partial charge in [-0.05, 0) is 61.5 Å². The standard InChI is InChI=1S/C16H21Cl2N3O/c17-12-5-11(6-13(18)7-12)9-20-15(22)14-8-16(10-21-14)1-3-19-4-2-16/h5-7,14,19,21H,1-4,8-10H2,(H,20,22)/t14-/m0/s1. The van der Waals surface area contributed by atoms with Gasteiger partial charge in [0.25, 0.3) is 0 Å². The third-order valence-corrected chi connectivity index (χ3v) is 5.17. The van der Waals surface area contributed by atoms with Crippen molar-refractivity contribution < 1.29 is 4.79 Å². The molecule has 2 aliphatic rings. The molecule has 1 spiro atoms. The van der Waals surface area contributed by atoms with Crippen LogP contribution in [0.4, 0.5) is 0 Å². The van der Waals surface area contributed by atoms with E-state index < -0.39 is 0 Å². The Balaban J connectivity index is 1.54. The molecule has 3 N–H and O–H groups in total. The van der Waals surface area contributed by atoms with Gasteiger partial charge in [0.2, 0.25) is 5.91 Å². The summed E-state index contributed by atoms with van der Waals surface area (Å²) in [6, 6.07) is 5.25. The van der Waals surface area contributed by atoms with Crippen LogP contribution in [0.3, 0.4) is 0 Å². The Labute approximate surface area is 140 Å². The molecule has 2 saturated heterocycles. The molecule has 0 radical (unpaired) electrons. The molecular formula is C16H21Cl2N3O. The first kappa shape index (κ1) is 16.1. The quantitative estimate of drug-likeness (QED) is 0.790. The van der Waals surface area contributed by atoms with Crippen molar-refractivity contribution in [1.82, 2.24) is 16.0 Å². The number of hydrogen-bond donors (Lipinski definition) is 3. The molecule has 6 heteroatoms. The van der Waals surface area contributed by atoms with E-state index in [1.807, 2.05) is 12.1 Å². The van der Waals surface area contributed by atoms with Crippen LogP contribution in [0.1, 0.15) is 24.8 Å². The number of amides is 1. The number of carbonyl (C=O) groups excluding carboxylic acids is 1. The van der Waals surface area contributed by atoms with Crippen molar-refractivity contribution in [3.8, 4) is 0 Å². The predicted molar refractivity (Wildman–Crippen MR) is 89.3 cm³/mol. The minimum atomic E-state index is -0.0900. The highest BCUT2D eigenvalue weighted by atomic mass is 35.5. The fraction of sp³-hybridized carbons (Fsp3) is 0.562. The van der Waals surface area contributed by atoms with Gasteiger partial charge in [0, 0.05) is 23.1 Å². The lowest BCUT2D eigenvalue weighted by Gasteiger charge is -2.33. The molecular weight excluding hydrogens is 321 g/mol. The van der Waals surface area contributed by atoms with Crippen LogP contribution in [0.25, 0.3) is 0 Å². The van der Waals surface area contributed by atoms with Crippen molar-refractivity contribution in [2.75, 3.05) is 19.6 Å². The van der Waals surface area contributed by atoms with E-state index in [1.54, 1.807) is 6.07 Å². The van der Waals surface area contributed by atoms with Crippen molar-refractivity contribution in [3.63, 3.8) is 0 Å². The molecule has 2 fully saturated rings. The van der Waals surface area contributed by atoms with E-state index in [9.17, 15) is 4.79 Å². The Morgan fingerprint density at radius 3 is 2.59 bits per heavy atom. The molecule has 0 unspecified atom stereocenters. The Morgan fingerprint density at radius 1 is 1.23 bits per heavy atom. The fourth-order valence-corrected chi connectivity index (χ4v) is 4.04. The lowest BCUT2D eigenvalue weighted by molar-refractivity contribution is -0.123. The first-order valence-electron chi connectivity index (χ1n) is 7.73. The summed E-state index contributed by atoms with van der Waals surface area (Å²) in [7, 11) is 0. The highest BCUT2D eigenvalue weighted by Gasteiger charge is 2.41. The van der Waals surface area contributed by atoms with Crippen LogP contribution in [-0.4, -0.2) is 31.6 Å². The van der Waals surface area contributed by atoms with Gasteiger partial charge in [0.1, 0.15) is 0 Å². The summed E-state index contributed by atoms with van der Waals surface area (Å²) in [6.07, 6.45) is 3.22. The van der Waals surface area contributed by atoms with Gasteiger partial charge < -0.3 is 16.0 Å². The van der Waals surface area contributed by atoms with Crippen LogP contribution in [0, 0.1) is 5.41 Å². The van der Waals surface area contributed by atoms with E-state index >= 15 is 0 Å². The number of rotatable bonds is 3. The molecule has 1 atom stereocenters. The monoisotopic (exact) mass is 341 g/mol. The van der Waals surface area contributed by atoms with Crippen molar-refractivity contribution in [2.24, 2.45) is 5.41 Å². The van der Waals surface area contributed by atoms with Gasteiger partial charge in [0.05, 0.1) is 6.04 Å². The molecule has 1 aromatic rings. The number of nitrogens with one attached hydrogen (secondary N) is 3. The number of halogens is 2. The summed E-state index contributed by atoms with van der Waals surface area (Å²) >= 11 is 11.9. The van der Waals surface area contributed by atoms with E-state index in [4.69, 9.17) is 23.2 Å². The SMILES string of the molecule is O=C(NCc1cc(Cl)cc(Cl)c1)[C@@H]1CC2(CCNCC2)CN1. The van der Waals surface area contributed by atoms with E-state index in [1.165, 1.54) is 0 Å². The van der Waals surface area contributed by atoms with E-state index in [0.29, 0.717) is 22.0 Å². The highest BCUT2D eigenvalue weighted by Crippen LogP contribution is 2.37. The molecule has 0 aliphatic carbocycles. The van der Waals surface area contributed by atoms with Gasteiger partial charge in [-0.2, -0.15) is 0 Å². The highest BCUT2D eigenvalue weighted by molar-refractivity contribution is 6.34. The lowest BCUT2D eigenvalue weighted by atomic mass is 9.77. The Morgan fingerprint density at radius 2 is 1.91 bits per heavy atom. The Bertz CT molecular complexity index is 538. The summed E-state index contributed by atoms with van der Waals surface area (Å²) in [6.45, 7) is 3.50. The van der Waals surface area contributed by atoms with Crippen molar-refractivity contribution in [3.05, 3.63) is 33.8 Å². The lowest BCUT2D eigenvalue weighted by Crippen LogP contribution is -2.40. The first-order chi connectivity index (χ1) is 10.6. The maximum atomic E-state index is 12.4. The molecule has 22 heavy (non-hydrogen) atoms. The zero-order valence-electron chi connectivity index (χ0n) is 12.4. The van der Waals surface area contributed by atoms with E-state index in [-0.39, 0.29) is 11.9 Å². The smallest absolute Gasteiger partial charge is 0.237 e. The zero-order valence-corrected chi connectivity index (χ0v) is 13.9. The first-order valence-corrected chi connectivity index (χ1v) is 8.49. The van der Waals surface area contributed by atoms with Gasteiger partial charge >= 0.3 is 0 Å². The molecule has 0 aromatic heterocycles. The second-order valence-corrected chi connectivity index (χ2v) is 7.26. The van der Waals surface area contributed by atoms with Crippen molar-refractivity contribution in [2.45, 2.75) is 31.8 Å². The molecule has 120 valence electrons. The van der Waals surface area contributed by atoms with Gasteiger partial charge in [-0.3, -0.25) is 4.79 Å². The number of benzene rings is 1. The van der Waals surface area contributed by atoms with Gasteiger partial charge in [0.15, 0.2) is 0 Å². The number of hydrogen-bond acceptors (Lipinski definition) is 3. The summed E-state index contributed by atoms with van der Waals surface area (Å²) in [5, 5.41) is 10.9. The molecule has 0 bridgehead atoms. The van der Waals surface area contributed by atoms with Crippen molar-refractivity contribution >= 4 is 29.1 Å². The average molecular weight is 342 g/mol. The van der Waals surface area contributed by atoms with Crippen molar-refractivity contribution in [1.29, 1.82) is 0 Å². The summed E-state index contributed by atoms with van der Waals surface area (Å²) in [5.74, 6) is 0.0616. The minimum absolute atomic E-state index is 0.0616. The third kappa shape index (κ3) is 3.74. The number of carbonyl (C=O) groups is 1. The molecule has 4 nitrogen and oxygen atoms in total. The summed E-state index contributed by atoms with van der Waals surface area (Å²) < 4.78 is 0. The molecule has 1 aromatic carbocycles. The number of piperidine rings is 1. The predicted octanol–water partition coefficient (Wildman–Crippen LogP) is 2.34. The molecule has 2 heterocycles. The Hall–Kier alpha value is -0.810. The summed E-state index contributed by atoms with van der Waals surface area (Å²) in [4.78, 5) is 12.4. The van der Waals surface area contributed by atoms with E-state index in [2.05, 4.69) is 16.0 Å². The third-order valence-electron chi connectivity index (χ3n) is 4.73. The normalized spacial score (nSPS) is 23.6. The Kier molecular flexibility index (Phi) is 4.93. The fourth-order valence-electron chi connectivity index (χ4n) is 3.47. The second kappa shape index (κ2) is 6.75. The van der Waals surface area contributed by atoms with Crippen LogP contribution >= 0.6 is 23.2 Å². The zero-order chi connectivity index (χ0) is 15.6. The summed E-state index contributed by atoms with van der Waals surface area (Å²) in [5.41, 5.74) is 1.22. The van der Waals surface area contributed by atoms with E-state index in [0.717, 1.165) is 44.5 Å². The van der Waals surface area contributed by atoms with Gasteiger partial charge in [-0.1, -0.05) is 23.2 Å². The van der Waals surface area contributed by atoms with Crippen LogP contribution in [0.15, 0.2) is 18.2 Å². The van der Waals surface area contributed by atoms with Crippen LogP contribution in [0.2, 0.25) is 10.0 Å². The maximum absolute atomic E-state index is 12.4. The van der Waals surface area contributed by atoms with Crippen LogP contribution < -0.4 is 16.0 Å². The minimum Gasteiger partial charge on any atom is -0.351 e.